The quantitative estimate of drug-likeness (QED) is 0.863. The second-order valence-electron chi connectivity index (χ2n) is 4.66. The van der Waals surface area contributed by atoms with Crippen molar-refractivity contribution in [1.82, 2.24) is 10.3 Å². The van der Waals surface area contributed by atoms with Gasteiger partial charge in [-0.25, -0.2) is 4.98 Å². The number of anilines is 1. The van der Waals surface area contributed by atoms with Gasteiger partial charge in [0.05, 0.1) is 11.8 Å². The van der Waals surface area contributed by atoms with Gasteiger partial charge in [0.1, 0.15) is 5.82 Å². The van der Waals surface area contributed by atoms with Crippen LogP contribution in [0.1, 0.15) is 25.5 Å². The Morgan fingerprint density at radius 2 is 2.17 bits per heavy atom. The number of rotatable bonds is 5. The van der Waals surface area contributed by atoms with Crippen molar-refractivity contribution in [2.45, 2.75) is 32.4 Å². The molecule has 0 amide bonds. The third-order valence-corrected chi connectivity index (χ3v) is 3.32. The van der Waals surface area contributed by atoms with Crippen LogP contribution in [0.4, 0.5) is 5.82 Å². The van der Waals surface area contributed by atoms with E-state index in [-0.39, 0.29) is 0 Å². The highest BCUT2D eigenvalue weighted by Gasteiger charge is 2.20. The van der Waals surface area contributed by atoms with Gasteiger partial charge >= 0.3 is 0 Å². The lowest BCUT2D eigenvalue weighted by atomic mass is 10.1. The molecule has 0 unspecified atom stereocenters. The van der Waals surface area contributed by atoms with Crippen molar-refractivity contribution in [2.24, 2.45) is 0 Å². The topological polar surface area (TPSA) is 37.4 Å². The Kier molecular flexibility index (Phi) is 4.96. The van der Waals surface area contributed by atoms with Crippen LogP contribution in [-0.2, 0) is 11.3 Å². The Morgan fingerprint density at radius 1 is 1.39 bits per heavy atom. The van der Waals surface area contributed by atoms with Crippen LogP contribution in [-0.4, -0.2) is 37.8 Å². The van der Waals surface area contributed by atoms with Crippen LogP contribution >= 0.6 is 0 Å². The Bertz CT molecular complexity index is 362. The number of ether oxygens (including phenoxy) is 1. The lowest BCUT2D eigenvalue weighted by molar-refractivity contribution is 0.0458. The summed E-state index contributed by atoms with van der Waals surface area (Å²) in [6, 6.07) is 6.25. The number of nitrogens with zero attached hydrogens (tertiary/aromatic N) is 2. The molecule has 2 heterocycles. The summed E-state index contributed by atoms with van der Waals surface area (Å²) in [4.78, 5) is 7.04. The SMILES string of the molecule is CCOC1CCN(c2cccc(CNC)n2)CC1. The van der Waals surface area contributed by atoms with E-state index >= 15 is 0 Å². The average molecular weight is 249 g/mol. The third-order valence-electron chi connectivity index (χ3n) is 3.32. The smallest absolute Gasteiger partial charge is 0.128 e. The minimum atomic E-state index is 0.437. The maximum Gasteiger partial charge on any atom is 0.128 e. The summed E-state index contributed by atoms with van der Waals surface area (Å²) in [6.45, 7) is 5.79. The number of nitrogens with one attached hydrogen (secondary N) is 1. The molecule has 0 aromatic carbocycles. The van der Waals surface area contributed by atoms with Crippen LogP contribution in [0.2, 0.25) is 0 Å². The van der Waals surface area contributed by atoms with Gasteiger partial charge in [0.2, 0.25) is 0 Å². The lowest BCUT2D eigenvalue weighted by Gasteiger charge is -2.32. The molecule has 1 aliphatic heterocycles. The van der Waals surface area contributed by atoms with E-state index in [4.69, 9.17) is 4.74 Å². The first kappa shape index (κ1) is 13.3. The minimum Gasteiger partial charge on any atom is -0.378 e. The molecule has 1 aromatic heterocycles. The van der Waals surface area contributed by atoms with Gasteiger partial charge in [0.15, 0.2) is 0 Å². The summed E-state index contributed by atoms with van der Waals surface area (Å²) in [7, 11) is 1.95. The molecule has 0 aliphatic carbocycles. The van der Waals surface area contributed by atoms with E-state index in [9.17, 15) is 0 Å². The van der Waals surface area contributed by atoms with E-state index in [0.717, 1.165) is 50.6 Å². The molecule has 4 nitrogen and oxygen atoms in total. The number of hydrogen-bond acceptors (Lipinski definition) is 4. The molecule has 1 aromatic rings. The third kappa shape index (κ3) is 3.43. The predicted octanol–water partition coefficient (Wildman–Crippen LogP) is 1.81. The zero-order valence-corrected chi connectivity index (χ0v) is 11.4. The van der Waals surface area contributed by atoms with Gasteiger partial charge in [0, 0.05) is 26.2 Å². The number of hydrogen-bond donors (Lipinski definition) is 1. The van der Waals surface area contributed by atoms with Gasteiger partial charge < -0.3 is 15.0 Å². The van der Waals surface area contributed by atoms with Crippen molar-refractivity contribution in [3.63, 3.8) is 0 Å². The van der Waals surface area contributed by atoms with E-state index in [0.29, 0.717) is 6.10 Å². The number of piperidine rings is 1. The molecule has 0 spiro atoms. The monoisotopic (exact) mass is 249 g/mol. The maximum absolute atomic E-state index is 5.67. The van der Waals surface area contributed by atoms with Crippen molar-refractivity contribution < 1.29 is 4.74 Å². The molecule has 0 radical (unpaired) electrons. The average Bonchev–Trinajstić information content (AvgIpc) is 2.41. The van der Waals surface area contributed by atoms with E-state index in [1.165, 1.54) is 0 Å². The summed E-state index contributed by atoms with van der Waals surface area (Å²) in [6.07, 6.45) is 2.64. The van der Waals surface area contributed by atoms with E-state index in [1.807, 2.05) is 7.05 Å². The van der Waals surface area contributed by atoms with Crippen LogP contribution in [0.3, 0.4) is 0 Å². The van der Waals surface area contributed by atoms with Crippen LogP contribution in [0.25, 0.3) is 0 Å². The van der Waals surface area contributed by atoms with Gasteiger partial charge in [-0.1, -0.05) is 6.07 Å². The summed E-state index contributed by atoms with van der Waals surface area (Å²) in [5.74, 6) is 1.10. The Hall–Kier alpha value is -1.13. The molecule has 0 bridgehead atoms. The fourth-order valence-corrected chi connectivity index (χ4v) is 2.41. The van der Waals surface area contributed by atoms with Gasteiger partial charge in [-0.2, -0.15) is 0 Å². The van der Waals surface area contributed by atoms with Crippen molar-refractivity contribution in [2.75, 3.05) is 31.6 Å². The Morgan fingerprint density at radius 3 is 2.83 bits per heavy atom. The molecule has 1 fully saturated rings. The Balaban J connectivity index is 1.94. The Labute approximate surface area is 109 Å². The van der Waals surface area contributed by atoms with Gasteiger partial charge in [-0.3, -0.25) is 0 Å². The molecular formula is C14H23N3O. The van der Waals surface area contributed by atoms with E-state index in [2.05, 4.69) is 40.3 Å². The summed E-state index contributed by atoms with van der Waals surface area (Å²) in [5, 5.41) is 3.14. The highest BCUT2D eigenvalue weighted by molar-refractivity contribution is 5.39. The van der Waals surface area contributed by atoms with Gasteiger partial charge in [-0.15, -0.1) is 0 Å². The highest BCUT2D eigenvalue weighted by atomic mass is 16.5. The van der Waals surface area contributed by atoms with Crippen LogP contribution in [0, 0.1) is 0 Å². The molecule has 0 atom stereocenters. The van der Waals surface area contributed by atoms with Crippen LogP contribution in [0.15, 0.2) is 18.2 Å². The first-order valence-corrected chi connectivity index (χ1v) is 6.80. The van der Waals surface area contributed by atoms with E-state index < -0.39 is 0 Å². The second-order valence-corrected chi connectivity index (χ2v) is 4.66. The summed E-state index contributed by atoms with van der Waals surface area (Å²) in [5.41, 5.74) is 1.10. The molecule has 1 saturated heterocycles. The lowest BCUT2D eigenvalue weighted by Crippen LogP contribution is -2.37. The van der Waals surface area contributed by atoms with Crippen LogP contribution in [0.5, 0.6) is 0 Å². The van der Waals surface area contributed by atoms with Crippen molar-refractivity contribution >= 4 is 5.82 Å². The number of aromatic nitrogens is 1. The first-order valence-electron chi connectivity index (χ1n) is 6.80. The van der Waals surface area contributed by atoms with E-state index in [1.54, 1.807) is 0 Å². The normalized spacial score (nSPS) is 17.1. The summed E-state index contributed by atoms with van der Waals surface area (Å²) < 4.78 is 5.67. The maximum atomic E-state index is 5.67. The number of pyridine rings is 1. The largest absolute Gasteiger partial charge is 0.378 e. The standard InChI is InChI=1S/C14H23N3O/c1-3-18-13-7-9-17(10-8-13)14-6-4-5-12(16-14)11-15-2/h4-6,13,15H,3,7-11H2,1-2H3. The molecule has 1 aliphatic rings. The summed E-state index contributed by atoms with van der Waals surface area (Å²) >= 11 is 0. The molecule has 18 heavy (non-hydrogen) atoms. The molecule has 1 N–H and O–H groups in total. The molecule has 0 saturated carbocycles. The first-order chi connectivity index (χ1) is 8.83. The van der Waals surface area contributed by atoms with Gasteiger partial charge in [-0.05, 0) is 38.9 Å². The molecule has 4 heteroatoms. The van der Waals surface area contributed by atoms with Crippen LogP contribution < -0.4 is 10.2 Å². The molecule has 2 rings (SSSR count). The van der Waals surface area contributed by atoms with Crippen molar-refractivity contribution in [3.05, 3.63) is 23.9 Å². The molecule has 100 valence electrons. The van der Waals surface area contributed by atoms with Crippen molar-refractivity contribution in [3.8, 4) is 0 Å². The minimum absolute atomic E-state index is 0.437. The highest BCUT2D eigenvalue weighted by Crippen LogP contribution is 2.19. The van der Waals surface area contributed by atoms with Gasteiger partial charge in [0.25, 0.3) is 0 Å². The van der Waals surface area contributed by atoms with Crippen molar-refractivity contribution in [1.29, 1.82) is 0 Å². The fourth-order valence-electron chi connectivity index (χ4n) is 2.41. The predicted molar refractivity (Wildman–Crippen MR) is 73.9 cm³/mol. The zero-order chi connectivity index (χ0) is 12.8. The zero-order valence-electron chi connectivity index (χ0n) is 11.4. The molecular weight excluding hydrogens is 226 g/mol. The fraction of sp³-hybridized carbons (Fsp3) is 0.643. The second kappa shape index (κ2) is 6.71.